The Morgan fingerprint density at radius 1 is 1.09 bits per heavy atom. The largest absolute Gasteiger partial charge is 0.352 e. The Balaban J connectivity index is 2.41. The lowest BCUT2D eigenvalue weighted by Gasteiger charge is -2.32. The monoisotopic (exact) mass is 515 g/mol. The van der Waals surface area contributed by atoms with Gasteiger partial charge in [-0.25, -0.2) is 17.2 Å². The molecule has 0 spiro atoms. The lowest BCUT2D eigenvalue weighted by Crippen LogP contribution is -2.52. The van der Waals surface area contributed by atoms with Crippen LogP contribution in [0, 0.1) is 11.6 Å². The highest BCUT2D eigenvalue weighted by molar-refractivity contribution is 7.92. The number of benzene rings is 2. The molecule has 0 bridgehead atoms. The van der Waals surface area contributed by atoms with Gasteiger partial charge in [0.25, 0.3) is 0 Å². The topological polar surface area (TPSA) is 86.8 Å². The van der Waals surface area contributed by atoms with Crippen molar-refractivity contribution in [3.8, 4) is 0 Å². The Morgan fingerprint density at radius 2 is 1.76 bits per heavy atom. The number of carbonyl (C=O) groups is 2. The van der Waals surface area contributed by atoms with Crippen molar-refractivity contribution < 1.29 is 26.8 Å². The van der Waals surface area contributed by atoms with E-state index in [-0.39, 0.29) is 18.3 Å². The summed E-state index contributed by atoms with van der Waals surface area (Å²) in [6, 6.07) is 8.15. The molecule has 186 valence electrons. The van der Waals surface area contributed by atoms with E-state index in [1.807, 2.05) is 13.8 Å². The Morgan fingerprint density at radius 3 is 2.32 bits per heavy atom. The third-order valence-corrected chi connectivity index (χ3v) is 6.66. The van der Waals surface area contributed by atoms with E-state index in [4.69, 9.17) is 11.6 Å². The summed E-state index contributed by atoms with van der Waals surface area (Å²) in [7, 11) is -4.05. The highest BCUT2D eigenvalue weighted by Crippen LogP contribution is 2.22. The molecule has 0 aliphatic carbocycles. The number of carbonyl (C=O) groups excluding carboxylic acids is 2. The molecule has 7 nitrogen and oxygen atoms in total. The first-order valence-electron chi connectivity index (χ1n) is 10.6. The number of hydrogen-bond donors (Lipinski definition) is 1. The van der Waals surface area contributed by atoms with E-state index in [1.165, 1.54) is 11.8 Å². The molecule has 0 aliphatic heterocycles. The molecule has 0 saturated carbocycles. The van der Waals surface area contributed by atoms with E-state index in [0.717, 1.165) is 18.4 Å². The van der Waals surface area contributed by atoms with Crippen molar-refractivity contribution in [1.82, 2.24) is 10.2 Å². The molecule has 0 radical (unpaired) electrons. The van der Waals surface area contributed by atoms with Gasteiger partial charge in [0.1, 0.15) is 12.6 Å². The van der Waals surface area contributed by atoms with Gasteiger partial charge in [-0.05, 0) is 50.1 Å². The van der Waals surface area contributed by atoms with Gasteiger partial charge in [0, 0.05) is 23.7 Å². The molecule has 2 amide bonds. The molecule has 2 aromatic carbocycles. The third kappa shape index (κ3) is 7.39. The van der Waals surface area contributed by atoms with Crippen LogP contribution < -0.4 is 9.62 Å². The van der Waals surface area contributed by atoms with Gasteiger partial charge in [-0.2, -0.15) is 0 Å². The molecule has 0 fully saturated rings. The van der Waals surface area contributed by atoms with Crippen molar-refractivity contribution in [2.24, 2.45) is 0 Å². The van der Waals surface area contributed by atoms with Gasteiger partial charge in [-0.3, -0.25) is 13.9 Å². The molecule has 0 unspecified atom stereocenters. The van der Waals surface area contributed by atoms with E-state index in [1.54, 1.807) is 24.3 Å². The van der Waals surface area contributed by atoms with Gasteiger partial charge >= 0.3 is 0 Å². The van der Waals surface area contributed by atoms with Gasteiger partial charge in [0.2, 0.25) is 21.8 Å². The smallest absolute Gasteiger partial charge is 0.244 e. The van der Waals surface area contributed by atoms with Crippen LogP contribution in [-0.4, -0.2) is 50.0 Å². The fraction of sp³-hybridized carbons (Fsp3) is 0.391. The minimum atomic E-state index is -4.05. The lowest BCUT2D eigenvalue weighted by atomic mass is 10.1. The molecule has 1 N–H and O–H groups in total. The maximum absolute atomic E-state index is 13.8. The highest BCUT2D eigenvalue weighted by Gasteiger charge is 2.30. The number of anilines is 1. The van der Waals surface area contributed by atoms with Crippen LogP contribution in [0.25, 0.3) is 0 Å². The fourth-order valence-corrected chi connectivity index (χ4v) is 4.19. The predicted octanol–water partition coefficient (Wildman–Crippen LogP) is 3.72. The molecule has 2 aromatic rings. The summed E-state index contributed by atoms with van der Waals surface area (Å²) >= 11 is 6.05. The summed E-state index contributed by atoms with van der Waals surface area (Å²) in [6.45, 7) is 4.51. The molecule has 2 atom stereocenters. The first-order valence-corrected chi connectivity index (χ1v) is 12.8. The van der Waals surface area contributed by atoms with Crippen LogP contribution >= 0.6 is 11.6 Å². The Labute approximate surface area is 203 Å². The molecular formula is C23H28ClF2N3O4S. The van der Waals surface area contributed by atoms with Gasteiger partial charge in [-0.1, -0.05) is 30.7 Å². The average Bonchev–Trinajstić information content (AvgIpc) is 2.76. The molecule has 0 heterocycles. The van der Waals surface area contributed by atoms with Crippen LogP contribution in [-0.2, 0) is 26.2 Å². The maximum atomic E-state index is 13.8. The summed E-state index contributed by atoms with van der Waals surface area (Å²) in [5.41, 5.74) is 0.414. The van der Waals surface area contributed by atoms with Crippen molar-refractivity contribution in [3.05, 3.63) is 64.7 Å². The van der Waals surface area contributed by atoms with Crippen LogP contribution in [0.4, 0.5) is 14.5 Å². The zero-order valence-corrected chi connectivity index (χ0v) is 21.0. The average molecular weight is 516 g/mol. The van der Waals surface area contributed by atoms with Crippen molar-refractivity contribution >= 4 is 39.1 Å². The molecule has 0 aliphatic rings. The van der Waals surface area contributed by atoms with Gasteiger partial charge in [0.05, 0.1) is 11.9 Å². The van der Waals surface area contributed by atoms with E-state index >= 15 is 0 Å². The van der Waals surface area contributed by atoms with Crippen molar-refractivity contribution in [3.63, 3.8) is 0 Å². The Bertz CT molecular complexity index is 1150. The van der Waals surface area contributed by atoms with Crippen LogP contribution in [0.1, 0.15) is 32.8 Å². The van der Waals surface area contributed by atoms with Crippen LogP contribution in [0.5, 0.6) is 0 Å². The standard InChI is InChI=1S/C23H28ClF2N3O4S/c1-5-15(2)27-23(31)16(3)28(13-17-7-6-8-18(24)11-17)22(30)14-29(34(4,32)33)19-9-10-20(25)21(26)12-19/h6-12,15-16H,5,13-14H2,1-4H3,(H,27,31)/t15-,16+/m0/s1. The van der Waals surface area contributed by atoms with E-state index in [9.17, 15) is 26.8 Å². The van der Waals surface area contributed by atoms with Crippen LogP contribution in [0.3, 0.4) is 0 Å². The van der Waals surface area contributed by atoms with Crippen molar-refractivity contribution in [1.29, 1.82) is 0 Å². The SMILES string of the molecule is CC[C@H](C)NC(=O)[C@@H](C)N(Cc1cccc(Cl)c1)C(=O)CN(c1ccc(F)c(F)c1)S(C)(=O)=O. The maximum Gasteiger partial charge on any atom is 0.244 e. The van der Waals surface area contributed by atoms with Crippen LogP contribution in [0.15, 0.2) is 42.5 Å². The van der Waals surface area contributed by atoms with Gasteiger partial charge in [-0.15, -0.1) is 0 Å². The normalized spacial score (nSPS) is 13.1. The van der Waals surface area contributed by atoms with Gasteiger partial charge < -0.3 is 10.2 Å². The fourth-order valence-electron chi connectivity index (χ4n) is 3.13. The Kier molecular flexibility index (Phi) is 9.40. The second kappa shape index (κ2) is 11.6. The number of amides is 2. The number of halogens is 3. The molecule has 0 saturated heterocycles. The highest BCUT2D eigenvalue weighted by atomic mass is 35.5. The summed E-state index contributed by atoms with van der Waals surface area (Å²) in [5.74, 6) is -3.53. The van der Waals surface area contributed by atoms with Crippen molar-refractivity contribution in [2.75, 3.05) is 17.1 Å². The van der Waals surface area contributed by atoms with Gasteiger partial charge in [0.15, 0.2) is 11.6 Å². The number of rotatable bonds is 10. The summed E-state index contributed by atoms with van der Waals surface area (Å²) in [6.07, 6.45) is 1.53. The molecule has 2 rings (SSSR count). The summed E-state index contributed by atoms with van der Waals surface area (Å²) in [5, 5.41) is 3.24. The second-order valence-electron chi connectivity index (χ2n) is 8.01. The molecule has 0 aromatic heterocycles. The number of nitrogens with one attached hydrogen (secondary N) is 1. The quantitative estimate of drug-likeness (QED) is 0.522. The van der Waals surface area contributed by atoms with Crippen molar-refractivity contribution in [2.45, 2.75) is 45.8 Å². The Hall–Kier alpha value is -2.72. The van der Waals surface area contributed by atoms with E-state index < -0.39 is 46.1 Å². The summed E-state index contributed by atoms with van der Waals surface area (Å²) < 4.78 is 52.7. The minimum Gasteiger partial charge on any atom is -0.352 e. The molecular weight excluding hydrogens is 488 g/mol. The zero-order valence-electron chi connectivity index (χ0n) is 19.4. The molecule has 11 heteroatoms. The minimum absolute atomic E-state index is 0.0239. The summed E-state index contributed by atoms with van der Waals surface area (Å²) in [4.78, 5) is 27.4. The van der Waals surface area contributed by atoms with E-state index in [2.05, 4.69) is 5.32 Å². The zero-order chi connectivity index (χ0) is 25.6. The number of hydrogen-bond acceptors (Lipinski definition) is 4. The first-order chi connectivity index (χ1) is 15.8. The first kappa shape index (κ1) is 27.5. The third-order valence-electron chi connectivity index (χ3n) is 5.28. The second-order valence-corrected chi connectivity index (χ2v) is 10.4. The molecule has 34 heavy (non-hydrogen) atoms. The van der Waals surface area contributed by atoms with E-state index in [0.29, 0.717) is 27.4 Å². The number of sulfonamides is 1. The lowest BCUT2D eigenvalue weighted by molar-refractivity contribution is -0.139. The predicted molar refractivity (Wildman–Crippen MR) is 128 cm³/mol. The van der Waals surface area contributed by atoms with Crippen LogP contribution in [0.2, 0.25) is 5.02 Å². The number of nitrogens with zero attached hydrogens (tertiary/aromatic N) is 2.